The van der Waals surface area contributed by atoms with Gasteiger partial charge in [0, 0.05) is 13.5 Å². The minimum Gasteiger partial charge on any atom is -0.490 e. The van der Waals surface area contributed by atoms with Crippen molar-refractivity contribution in [2.24, 2.45) is 0 Å². The quantitative estimate of drug-likeness (QED) is 0.778. The Bertz CT molecular complexity index is 335. The molecule has 0 amide bonds. The van der Waals surface area contributed by atoms with Gasteiger partial charge in [-0.25, -0.2) is 0 Å². The summed E-state index contributed by atoms with van der Waals surface area (Å²) in [4.78, 5) is 0. The van der Waals surface area contributed by atoms with Crippen LogP contribution in [-0.4, -0.2) is 19.3 Å². The highest BCUT2D eigenvalue weighted by Crippen LogP contribution is 2.26. The number of ether oxygens (including phenoxy) is 2. The maximum Gasteiger partial charge on any atom is 0.122 e. The van der Waals surface area contributed by atoms with Gasteiger partial charge in [0.15, 0.2) is 0 Å². The fourth-order valence-corrected chi connectivity index (χ4v) is 2.29. The third-order valence-corrected chi connectivity index (χ3v) is 3.30. The first-order valence-electron chi connectivity index (χ1n) is 6.04. The lowest BCUT2D eigenvalue weighted by Crippen LogP contribution is -2.29. The van der Waals surface area contributed by atoms with Crippen molar-refractivity contribution in [3.8, 4) is 5.75 Å². The van der Waals surface area contributed by atoms with Crippen LogP contribution in [0.5, 0.6) is 5.75 Å². The molecule has 1 aliphatic rings. The van der Waals surface area contributed by atoms with Gasteiger partial charge in [-0.05, 0) is 37.8 Å². The van der Waals surface area contributed by atoms with E-state index in [4.69, 9.17) is 9.47 Å². The molecular weight excluding hydrogens is 200 g/mol. The first-order valence-corrected chi connectivity index (χ1v) is 6.04. The molecule has 88 valence electrons. The van der Waals surface area contributed by atoms with Crippen LogP contribution >= 0.6 is 0 Å². The predicted molar refractivity (Wildman–Crippen MR) is 64.9 cm³/mol. The number of aryl methyl sites for hydroxylation is 1. The number of methoxy groups -OCH3 is 1. The van der Waals surface area contributed by atoms with Crippen LogP contribution in [0.15, 0.2) is 24.3 Å². The monoisotopic (exact) mass is 220 g/mol. The molecule has 2 rings (SSSR count). The minimum atomic E-state index is 0.319. The van der Waals surface area contributed by atoms with Crippen LogP contribution in [0.1, 0.15) is 31.2 Å². The van der Waals surface area contributed by atoms with E-state index in [2.05, 4.69) is 13.0 Å². The Morgan fingerprint density at radius 1 is 1.12 bits per heavy atom. The molecule has 2 heteroatoms. The summed E-state index contributed by atoms with van der Waals surface area (Å²) in [5.41, 5.74) is 1.21. The average molecular weight is 220 g/mol. The summed E-state index contributed by atoms with van der Waals surface area (Å²) < 4.78 is 11.4. The standard InChI is InChI=1S/C14H20O2/c1-11-6-3-4-9-14(11)16-13-8-5-7-12(10-13)15-2/h3-4,6,9,12-13H,5,7-8,10H2,1-2H3. The SMILES string of the molecule is COC1CCCC(Oc2ccccc2C)C1. The summed E-state index contributed by atoms with van der Waals surface area (Å²) in [6, 6.07) is 8.21. The van der Waals surface area contributed by atoms with Gasteiger partial charge in [-0.15, -0.1) is 0 Å². The molecule has 0 saturated heterocycles. The lowest BCUT2D eigenvalue weighted by Gasteiger charge is -2.29. The summed E-state index contributed by atoms with van der Waals surface area (Å²) in [5, 5.41) is 0. The van der Waals surface area contributed by atoms with Gasteiger partial charge in [-0.1, -0.05) is 18.2 Å². The third kappa shape index (κ3) is 2.76. The molecule has 1 aromatic carbocycles. The summed E-state index contributed by atoms with van der Waals surface area (Å²) in [5.74, 6) is 1.02. The highest BCUT2D eigenvalue weighted by Gasteiger charge is 2.23. The summed E-state index contributed by atoms with van der Waals surface area (Å²) in [6.45, 7) is 2.09. The fraction of sp³-hybridized carbons (Fsp3) is 0.571. The predicted octanol–water partition coefficient (Wildman–Crippen LogP) is 3.33. The average Bonchev–Trinajstić information content (AvgIpc) is 2.32. The molecule has 1 aromatic rings. The largest absolute Gasteiger partial charge is 0.490 e. The molecule has 2 atom stereocenters. The molecule has 0 spiro atoms. The van der Waals surface area contributed by atoms with Crippen LogP contribution in [0.2, 0.25) is 0 Å². The number of hydrogen-bond acceptors (Lipinski definition) is 2. The highest BCUT2D eigenvalue weighted by atomic mass is 16.5. The van der Waals surface area contributed by atoms with Gasteiger partial charge in [0.05, 0.1) is 6.10 Å². The van der Waals surface area contributed by atoms with E-state index in [1.54, 1.807) is 7.11 Å². The smallest absolute Gasteiger partial charge is 0.122 e. The van der Waals surface area contributed by atoms with Crippen LogP contribution in [0, 0.1) is 6.92 Å². The lowest BCUT2D eigenvalue weighted by molar-refractivity contribution is 0.0207. The molecule has 0 radical (unpaired) electrons. The molecule has 1 fully saturated rings. The van der Waals surface area contributed by atoms with Crippen molar-refractivity contribution in [3.05, 3.63) is 29.8 Å². The van der Waals surface area contributed by atoms with E-state index in [0.29, 0.717) is 12.2 Å². The fourth-order valence-electron chi connectivity index (χ4n) is 2.29. The van der Waals surface area contributed by atoms with Crippen molar-refractivity contribution < 1.29 is 9.47 Å². The zero-order valence-corrected chi connectivity index (χ0v) is 10.1. The van der Waals surface area contributed by atoms with Crippen LogP contribution < -0.4 is 4.74 Å². The first-order chi connectivity index (χ1) is 7.79. The zero-order valence-electron chi connectivity index (χ0n) is 10.1. The summed E-state index contributed by atoms with van der Waals surface area (Å²) >= 11 is 0. The van der Waals surface area contributed by atoms with E-state index in [-0.39, 0.29) is 0 Å². The number of hydrogen-bond donors (Lipinski definition) is 0. The van der Waals surface area contributed by atoms with Crippen molar-refractivity contribution in [3.63, 3.8) is 0 Å². The Labute approximate surface area is 97.6 Å². The first kappa shape index (κ1) is 11.5. The van der Waals surface area contributed by atoms with E-state index < -0.39 is 0 Å². The van der Waals surface area contributed by atoms with Gasteiger partial charge in [0.2, 0.25) is 0 Å². The van der Waals surface area contributed by atoms with Crippen molar-refractivity contribution in [2.45, 2.75) is 44.8 Å². The normalized spacial score (nSPS) is 25.4. The molecule has 1 aliphatic carbocycles. The van der Waals surface area contributed by atoms with Crippen LogP contribution in [0.25, 0.3) is 0 Å². The van der Waals surface area contributed by atoms with E-state index in [0.717, 1.165) is 18.6 Å². The van der Waals surface area contributed by atoms with Gasteiger partial charge in [-0.2, -0.15) is 0 Å². The van der Waals surface area contributed by atoms with Crippen molar-refractivity contribution in [2.75, 3.05) is 7.11 Å². The van der Waals surface area contributed by atoms with Crippen LogP contribution in [0.4, 0.5) is 0 Å². The van der Waals surface area contributed by atoms with E-state index in [9.17, 15) is 0 Å². The second kappa shape index (κ2) is 5.35. The maximum absolute atomic E-state index is 6.04. The molecule has 16 heavy (non-hydrogen) atoms. The Balaban J connectivity index is 1.97. The highest BCUT2D eigenvalue weighted by molar-refractivity contribution is 5.31. The van der Waals surface area contributed by atoms with E-state index in [1.165, 1.54) is 18.4 Å². The lowest BCUT2D eigenvalue weighted by atomic mass is 9.95. The molecule has 2 nitrogen and oxygen atoms in total. The molecule has 2 unspecified atom stereocenters. The Kier molecular flexibility index (Phi) is 3.83. The molecule has 0 N–H and O–H groups in total. The molecular formula is C14H20O2. The Morgan fingerprint density at radius 2 is 1.88 bits per heavy atom. The summed E-state index contributed by atoms with van der Waals surface area (Å²) in [7, 11) is 1.79. The number of para-hydroxylation sites is 1. The molecule has 0 heterocycles. The van der Waals surface area contributed by atoms with Gasteiger partial charge in [-0.3, -0.25) is 0 Å². The van der Waals surface area contributed by atoms with Crippen LogP contribution in [-0.2, 0) is 4.74 Å². The van der Waals surface area contributed by atoms with E-state index in [1.807, 2.05) is 18.2 Å². The molecule has 0 aliphatic heterocycles. The molecule has 0 aromatic heterocycles. The Hall–Kier alpha value is -1.02. The number of rotatable bonds is 3. The Morgan fingerprint density at radius 3 is 2.62 bits per heavy atom. The maximum atomic E-state index is 6.04. The summed E-state index contributed by atoms with van der Waals surface area (Å²) in [6.07, 6.45) is 5.24. The van der Waals surface area contributed by atoms with Gasteiger partial charge < -0.3 is 9.47 Å². The van der Waals surface area contributed by atoms with Crippen molar-refractivity contribution in [1.29, 1.82) is 0 Å². The molecule has 0 bridgehead atoms. The molecule has 1 saturated carbocycles. The van der Waals surface area contributed by atoms with Crippen molar-refractivity contribution >= 4 is 0 Å². The number of benzene rings is 1. The third-order valence-electron chi connectivity index (χ3n) is 3.30. The second-order valence-electron chi connectivity index (χ2n) is 4.53. The van der Waals surface area contributed by atoms with E-state index >= 15 is 0 Å². The zero-order chi connectivity index (χ0) is 11.4. The topological polar surface area (TPSA) is 18.5 Å². The van der Waals surface area contributed by atoms with Gasteiger partial charge >= 0.3 is 0 Å². The van der Waals surface area contributed by atoms with Gasteiger partial charge in [0.25, 0.3) is 0 Å². The van der Waals surface area contributed by atoms with Crippen molar-refractivity contribution in [1.82, 2.24) is 0 Å². The van der Waals surface area contributed by atoms with Gasteiger partial charge in [0.1, 0.15) is 11.9 Å². The van der Waals surface area contributed by atoms with Crippen LogP contribution in [0.3, 0.4) is 0 Å². The second-order valence-corrected chi connectivity index (χ2v) is 4.53. The minimum absolute atomic E-state index is 0.319.